The number of benzene rings is 1. The molecule has 1 atom stereocenters. The molecule has 1 aromatic rings. The maximum absolute atomic E-state index is 5.79. The quantitative estimate of drug-likeness (QED) is 0.787. The highest BCUT2D eigenvalue weighted by molar-refractivity contribution is 5.47. The number of nitrogens with zero attached hydrogens (tertiary/aromatic N) is 1. The van der Waals surface area contributed by atoms with Crippen molar-refractivity contribution >= 4 is 5.69 Å². The SMILES string of the molecule is CCN(CCOC)c1ccc(CC(C)N)cc1. The Labute approximate surface area is 105 Å². The van der Waals surface area contributed by atoms with E-state index >= 15 is 0 Å². The Balaban J connectivity index is 2.64. The van der Waals surface area contributed by atoms with Crippen molar-refractivity contribution in [3.63, 3.8) is 0 Å². The second-order valence-electron chi connectivity index (χ2n) is 4.42. The van der Waals surface area contributed by atoms with Gasteiger partial charge < -0.3 is 15.4 Å². The number of methoxy groups -OCH3 is 1. The summed E-state index contributed by atoms with van der Waals surface area (Å²) in [6.45, 7) is 6.88. The van der Waals surface area contributed by atoms with E-state index < -0.39 is 0 Å². The fraction of sp³-hybridized carbons (Fsp3) is 0.571. The van der Waals surface area contributed by atoms with E-state index in [0.29, 0.717) is 0 Å². The van der Waals surface area contributed by atoms with Gasteiger partial charge in [0.2, 0.25) is 0 Å². The molecule has 0 aliphatic heterocycles. The lowest BCUT2D eigenvalue weighted by Crippen LogP contribution is -2.26. The number of rotatable bonds is 7. The third-order valence-electron chi connectivity index (χ3n) is 2.81. The van der Waals surface area contributed by atoms with Gasteiger partial charge in [0.15, 0.2) is 0 Å². The molecule has 0 aliphatic rings. The topological polar surface area (TPSA) is 38.5 Å². The number of hydrogen-bond acceptors (Lipinski definition) is 3. The van der Waals surface area contributed by atoms with Gasteiger partial charge >= 0.3 is 0 Å². The van der Waals surface area contributed by atoms with Crippen LogP contribution in [0, 0.1) is 0 Å². The smallest absolute Gasteiger partial charge is 0.0637 e. The molecule has 96 valence electrons. The van der Waals surface area contributed by atoms with E-state index in [4.69, 9.17) is 10.5 Å². The van der Waals surface area contributed by atoms with E-state index in [9.17, 15) is 0 Å². The molecule has 0 fully saturated rings. The van der Waals surface area contributed by atoms with E-state index in [0.717, 1.165) is 26.1 Å². The Kier molecular flexibility index (Phi) is 6.01. The lowest BCUT2D eigenvalue weighted by Gasteiger charge is -2.23. The third-order valence-corrected chi connectivity index (χ3v) is 2.81. The van der Waals surface area contributed by atoms with Gasteiger partial charge in [0.25, 0.3) is 0 Å². The first-order valence-electron chi connectivity index (χ1n) is 6.25. The Morgan fingerprint density at radius 1 is 1.29 bits per heavy atom. The molecule has 17 heavy (non-hydrogen) atoms. The molecule has 2 N–H and O–H groups in total. The second-order valence-corrected chi connectivity index (χ2v) is 4.42. The maximum Gasteiger partial charge on any atom is 0.0637 e. The van der Waals surface area contributed by atoms with Crippen LogP contribution in [0.3, 0.4) is 0 Å². The Hall–Kier alpha value is -1.06. The molecular formula is C14H24N2O. The van der Waals surface area contributed by atoms with Crippen LogP contribution in [-0.2, 0) is 11.2 Å². The first kappa shape index (κ1) is 14.0. The van der Waals surface area contributed by atoms with Crippen LogP contribution < -0.4 is 10.6 Å². The number of ether oxygens (including phenoxy) is 1. The van der Waals surface area contributed by atoms with Gasteiger partial charge in [0, 0.05) is 31.9 Å². The van der Waals surface area contributed by atoms with Gasteiger partial charge in [-0.15, -0.1) is 0 Å². The minimum atomic E-state index is 0.219. The van der Waals surface area contributed by atoms with Gasteiger partial charge in [-0.05, 0) is 38.0 Å². The normalized spacial score (nSPS) is 12.5. The first-order valence-corrected chi connectivity index (χ1v) is 6.25. The summed E-state index contributed by atoms with van der Waals surface area (Å²) in [7, 11) is 1.74. The van der Waals surface area contributed by atoms with Crippen molar-refractivity contribution in [2.24, 2.45) is 5.73 Å². The number of anilines is 1. The van der Waals surface area contributed by atoms with E-state index in [-0.39, 0.29) is 6.04 Å². The van der Waals surface area contributed by atoms with Gasteiger partial charge in [0.1, 0.15) is 0 Å². The van der Waals surface area contributed by atoms with E-state index in [1.807, 2.05) is 6.92 Å². The monoisotopic (exact) mass is 236 g/mol. The fourth-order valence-corrected chi connectivity index (χ4v) is 1.89. The molecule has 0 bridgehead atoms. The van der Waals surface area contributed by atoms with Crippen LogP contribution in [0.1, 0.15) is 19.4 Å². The highest BCUT2D eigenvalue weighted by atomic mass is 16.5. The summed E-state index contributed by atoms with van der Waals surface area (Å²) in [6, 6.07) is 8.87. The minimum absolute atomic E-state index is 0.219. The average molecular weight is 236 g/mol. The molecule has 0 amide bonds. The lowest BCUT2D eigenvalue weighted by atomic mass is 10.1. The van der Waals surface area contributed by atoms with Crippen molar-refractivity contribution < 1.29 is 4.74 Å². The largest absolute Gasteiger partial charge is 0.383 e. The molecule has 3 heteroatoms. The van der Waals surface area contributed by atoms with Crippen molar-refractivity contribution in [2.45, 2.75) is 26.3 Å². The molecule has 0 heterocycles. The summed E-state index contributed by atoms with van der Waals surface area (Å²) in [6.07, 6.45) is 0.935. The first-order chi connectivity index (χ1) is 8.17. The number of likely N-dealkylation sites (N-methyl/N-ethyl adjacent to an activating group) is 1. The summed E-state index contributed by atoms with van der Waals surface area (Å²) >= 11 is 0. The second kappa shape index (κ2) is 7.30. The van der Waals surface area contributed by atoms with Gasteiger partial charge in [0.05, 0.1) is 6.61 Å². The molecule has 1 unspecified atom stereocenters. The van der Waals surface area contributed by atoms with Crippen LogP contribution in [0.5, 0.6) is 0 Å². The summed E-state index contributed by atoms with van der Waals surface area (Å²) in [5, 5.41) is 0. The van der Waals surface area contributed by atoms with E-state index in [2.05, 4.69) is 36.1 Å². The molecular weight excluding hydrogens is 212 g/mol. The molecule has 0 spiro atoms. The zero-order valence-corrected chi connectivity index (χ0v) is 11.1. The Bertz CT molecular complexity index is 309. The summed E-state index contributed by atoms with van der Waals surface area (Å²) in [4.78, 5) is 2.30. The Morgan fingerprint density at radius 2 is 1.94 bits per heavy atom. The van der Waals surface area contributed by atoms with Crippen molar-refractivity contribution in [1.82, 2.24) is 0 Å². The summed E-state index contributed by atoms with van der Waals surface area (Å²) in [5.41, 5.74) is 8.33. The van der Waals surface area contributed by atoms with E-state index in [1.165, 1.54) is 11.3 Å². The van der Waals surface area contributed by atoms with Crippen LogP contribution in [0.2, 0.25) is 0 Å². The highest BCUT2D eigenvalue weighted by Crippen LogP contribution is 2.15. The van der Waals surface area contributed by atoms with Crippen LogP contribution in [-0.4, -0.2) is 32.8 Å². The van der Waals surface area contributed by atoms with Crippen LogP contribution in [0.25, 0.3) is 0 Å². The van der Waals surface area contributed by atoms with Crippen LogP contribution in [0.4, 0.5) is 5.69 Å². The molecule has 0 aliphatic carbocycles. The zero-order valence-electron chi connectivity index (χ0n) is 11.1. The van der Waals surface area contributed by atoms with Gasteiger partial charge in [-0.3, -0.25) is 0 Å². The highest BCUT2D eigenvalue weighted by Gasteiger charge is 2.04. The minimum Gasteiger partial charge on any atom is -0.383 e. The fourth-order valence-electron chi connectivity index (χ4n) is 1.89. The molecule has 1 aromatic carbocycles. The van der Waals surface area contributed by atoms with Gasteiger partial charge in [-0.2, -0.15) is 0 Å². The molecule has 0 saturated carbocycles. The molecule has 1 rings (SSSR count). The predicted octanol–water partition coefficient (Wildman–Crippen LogP) is 2.05. The zero-order chi connectivity index (χ0) is 12.7. The number of nitrogens with two attached hydrogens (primary N) is 1. The third kappa shape index (κ3) is 4.75. The van der Waals surface area contributed by atoms with Crippen molar-refractivity contribution in [2.75, 3.05) is 31.7 Å². The maximum atomic E-state index is 5.79. The number of hydrogen-bond donors (Lipinski definition) is 1. The predicted molar refractivity (Wildman–Crippen MR) is 73.6 cm³/mol. The molecule has 0 radical (unpaired) electrons. The average Bonchev–Trinajstić information content (AvgIpc) is 2.31. The summed E-state index contributed by atoms with van der Waals surface area (Å²) in [5.74, 6) is 0. The van der Waals surface area contributed by atoms with Crippen molar-refractivity contribution in [1.29, 1.82) is 0 Å². The Morgan fingerprint density at radius 3 is 2.41 bits per heavy atom. The molecule has 0 aromatic heterocycles. The van der Waals surface area contributed by atoms with Crippen LogP contribution in [0.15, 0.2) is 24.3 Å². The molecule has 3 nitrogen and oxygen atoms in total. The summed E-state index contributed by atoms with van der Waals surface area (Å²) < 4.78 is 5.11. The standard InChI is InChI=1S/C14H24N2O/c1-4-16(9-10-17-3)14-7-5-13(6-8-14)11-12(2)15/h5-8,12H,4,9-11,15H2,1-3H3. The van der Waals surface area contributed by atoms with Crippen LogP contribution >= 0.6 is 0 Å². The van der Waals surface area contributed by atoms with Gasteiger partial charge in [-0.1, -0.05) is 12.1 Å². The lowest BCUT2D eigenvalue weighted by molar-refractivity contribution is 0.205. The van der Waals surface area contributed by atoms with Crippen molar-refractivity contribution in [3.05, 3.63) is 29.8 Å². The van der Waals surface area contributed by atoms with Gasteiger partial charge in [-0.25, -0.2) is 0 Å². The van der Waals surface area contributed by atoms with E-state index in [1.54, 1.807) is 7.11 Å². The van der Waals surface area contributed by atoms with Crippen molar-refractivity contribution in [3.8, 4) is 0 Å². The molecule has 0 saturated heterocycles.